The maximum Gasteiger partial charge on any atom is 0.409 e. The van der Waals surface area contributed by atoms with Gasteiger partial charge in [0.25, 0.3) is 0 Å². The van der Waals surface area contributed by atoms with Gasteiger partial charge in [0, 0.05) is 25.0 Å². The fraction of sp³-hybridized carbons (Fsp3) is 0.875. The van der Waals surface area contributed by atoms with Crippen LogP contribution in [0.2, 0.25) is 0 Å². The van der Waals surface area contributed by atoms with Crippen LogP contribution in [0.5, 0.6) is 0 Å². The summed E-state index contributed by atoms with van der Waals surface area (Å²) < 4.78 is 10.6. The molecule has 0 aromatic carbocycles. The molecule has 0 radical (unpaired) electrons. The fourth-order valence-corrected chi connectivity index (χ4v) is 2.12. The zero-order valence-corrected chi connectivity index (χ0v) is 14.7. The lowest BCUT2D eigenvalue weighted by molar-refractivity contribution is 0.0200. The summed E-state index contributed by atoms with van der Waals surface area (Å²) >= 11 is 0. The molecule has 0 aromatic heterocycles. The average Bonchev–Trinajstić information content (AvgIpc) is 2.50. The van der Waals surface area contributed by atoms with E-state index in [9.17, 15) is 9.59 Å². The Bertz CT molecular complexity index is 332. The highest BCUT2D eigenvalue weighted by Gasteiger charge is 2.28. The van der Waals surface area contributed by atoms with E-state index in [-0.39, 0.29) is 24.7 Å². The predicted molar refractivity (Wildman–Crippen MR) is 86.9 cm³/mol. The van der Waals surface area contributed by atoms with E-state index in [1.807, 2.05) is 27.7 Å². The maximum absolute atomic E-state index is 11.9. The molecule has 1 atom stereocenters. The summed E-state index contributed by atoms with van der Waals surface area (Å²) in [5, 5.41) is 2.67. The minimum atomic E-state index is -0.417. The maximum atomic E-state index is 11.9. The van der Waals surface area contributed by atoms with Gasteiger partial charge < -0.3 is 19.7 Å². The van der Waals surface area contributed by atoms with Crippen LogP contribution < -0.4 is 5.32 Å². The number of hydrogen-bond acceptors (Lipinski definition) is 4. The first kappa shape index (κ1) is 20.5. The van der Waals surface area contributed by atoms with Crippen LogP contribution in [-0.2, 0) is 9.47 Å². The van der Waals surface area contributed by atoms with Gasteiger partial charge in [0.15, 0.2) is 0 Å². The molecule has 0 aliphatic rings. The number of amides is 2. The van der Waals surface area contributed by atoms with Crippen molar-refractivity contribution in [2.45, 2.75) is 53.9 Å². The van der Waals surface area contributed by atoms with Gasteiger partial charge in [0.2, 0.25) is 0 Å². The molecule has 0 fully saturated rings. The molecule has 0 bridgehead atoms. The van der Waals surface area contributed by atoms with E-state index in [2.05, 4.69) is 12.2 Å². The molecule has 0 heterocycles. The molecule has 6 heteroatoms. The van der Waals surface area contributed by atoms with Crippen LogP contribution in [0.3, 0.4) is 0 Å². The van der Waals surface area contributed by atoms with Crippen molar-refractivity contribution >= 4 is 12.2 Å². The quantitative estimate of drug-likeness (QED) is 0.670. The lowest BCUT2D eigenvalue weighted by Gasteiger charge is -2.29. The standard InChI is InChI=1S/C16H32N2O4/c1-6-10-16(5,12-21-14(19)17-11-7-2)13-22-15(20)18(8-3)9-4/h6-13H2,1-5H3,(H,17,19). The molecule has 0 aliphatic heterocycles. The van der Waals surface area contributed by atoms with Gasteiger partial charge in [-0.3, -0.25) is 0 Å². The second-order valence-electron chi connectivity index (χ2n) is 5.79. The molecule has 0 aromatic rings. The number of alkyl carbamates (subject to hydrolysis) is 1. The Labute approximate surface area is 134 Å². The Morgan fingerprint density at radius 3 is 2.09 bits per heavy atom. The van der Waals surface area contributed by atoms with Crippen LogP contribution in [0.4, 0.5) is 9.59 Å². The number of hydrogen-bond donors (Lipinski definition) is 1. The Balaban J connectivity index is 4.42. The van der Waals surface area contributed by atoms with Gasteiger partial charge in [-0.25, -0.2) is 9.59 Å². The smallest absolute Gasteiger partial charge is 0.409 e. The van der Waals surface area contributed by atoms with Gasteiger partial charge in [-0.1, -0.05) is 27.2 Å². The summed E-state index contributed by atoms with van der Waals surface area (Å²) in [5.41, 5.74) is -0.360. The normalized spacial score (nSPS) is 13.1. The van der Waals surface area contributed by atoms with E-state index in [0.717, 1.165) is 19.3 Å². The molecule has 6 nitrogen and oxygen atoms in total. The van der Waals surface area contributed by atoms with Gasteiger partial charge >= 0.3 is 12.2 Å². The third kappa shape index (κ3) is 8.10. The van der Waals surface area contributed by atoms with Gasteiger partial charge in [-0.05, 0) is 26.7 Å². The summed E-state index contributed by atoms with van der Waals surface area (Å²) in [6.07, 6.45) is 1.88. The highest BCUT2D eigenvalue weighted by Crippen LogP contribution is 2.24. The average molecular weight is 316 g/mol. The topological polar surface area (TPSA) is 67.9 Å². The van der Waals surface area contributed by atoms with Crippen LogP contribution in [0, 0.1) is 5.41 Å². The summed E-state index contributed by atoms with van der Waals surface area (Å²) in [6, 6.07) is 0. The van der Waals surface area contributed by atoms with E-state index in [4.69, 9.17) is 9.47 Å². The molecule has 0 saturated carbocycles. The highest BCUT2D eigenvalue weighted by molar-refractivity contribution is 5.67. The minimum Gasteiger partial charge on any atom is -0.449 e. The van der Waals surface area contributed by atoms with Crippen LogP contribution in [-0.4, -0.2) is 49.9 Å². The van der Waals surface area contributed by atoms with E-state index in [1.54, 1.807) is 4.90 Å². The van der Waals surface area contributed by atoms with E-state index in [1.165, 1.54) is 0 Å². The minimum absolute atomic E-state index is 0.238. The second kappa shape index (κ2) is 11.2. The molecular weight excluding hydrogens is 284 g/mol. The zero-order chi connectivity index (χ0) is 17.0. The molecule has 2 amide bonds. The van der Waals surface area contributed by atoms with Crippen molar-refractivity contribution in [2.24, 2.45) is 5.41 Å². The largest absolute Gasteiger partial charge is 0.449 e. The molecule has 0 spiro atoms. The number of nitrogens with zero attached hydrogens (tertiary/aromatic N) is 1. The van der Waals surface area contributed by atoms with Gasteiger partial charge in [0.05, 0.1) is 0 Å². The number of carbonyl (C=O) groups excluding carboxylic acids is 2. The van der Waals surface area contributed by atoms with E-state index < -0.39 is 6.09 Å². The molecule has 130 valence electrons. The molecule has 0 saturated heterocycles. The van der Waals surface area contributed by atoms with Crippen molar-refractivity contribution in [1.82, 2.24) is 10.2 Å². The van der Waals surface area contributed by atoms with Crippen molar-refractivity contribution in [3.05, 3.63) is 0 Å². The van der Waals surface area contributed by atoms with Crippen LogP contribution in [0.15, 0.2) is 0 Å². The Morgan fingerprint density at radius 2 is 1.59 bits per heavy atom. The van der Waals surface area contributed by atoms with Crippen LogP contribution in [0.1, 0.15) is 53.9 Å². The first-order valence-corrected chi connectivity index (χ1v) is 8.24. The predicted octanol–water partition coefficient (Wildman–Crippen LogP) is 3.41. The first-order valence-electron chi connectivity index (χ1n) is 8.24. The highest BCUT2D eigenvalue weighted by atomic mass is 16.6. The van der Waals surface area contributed by atoms with E-state index in [0.29, 0.717) is 19.6 Å². The number of rotatable bonds is 10. The fourth-order valence-electron chi connectivity index (χ4n) is 2.12. The van der Waals surface area contributed by atoms with Crippen LogP contribution >= 0.6 is 0 Å². The van der Waals surface area contributed by atoms with Crippen molar-refractivity contribution in [2.75, 3.05) is 32.8 Å². The molecule has 1 unspecified atom stereocenters. The third-order valence-corrected chi connectivity index (χ3v) is 3.49. The number of ether oxygens (including phenoxy) is 2. The molecule has 22 heavy (non-hydrogen) atoms. The molecule has 0 rings (SSSR count). The van der Waals surface area contributed by atoms with Gasteiger partial charge in [-0.2, -0.15) is 0 Å². The monoisotopic (exact) mass is 316 g/mol. The lowest BCUT2D eigenvalue weighted by Crippen LogP contribution is -2.37. The summed E-state index contributed by atoms with van der Waals surface area (Å²) in [7, 11) is 0. The number of carbonyl (C=O) groups is 2. The summed E-state index contributed by atoms with van der Waals surface area (Å²) in [4.78, 5) is 25.1. The molecule has 0 aliphatic carbocycles. The Kier molecular flexibility index (Phi) is 10.4. The molecular formula is C16H32N2O4. The van der Waals surface area contributed by atoms with Gasteiger partial charge in [0.1, 0.15) is 13.2 Å². The van der Waals surface area contributed by atoms with Crippen molar-refractivity contribution in [1.29, 1.82) is 0 Å². The Hall–Kier alpha value is -1.46. The first-order chi connectivity index (χ1) is 10.4. The summed E-state index contributed by atoms with van der Waals surface area (Å²) in [5.74, 6) is 0. The molecule has 1 N–H and O–H groups in total. The number of nitrogens with one attached hydrogen (secondary N) is 1. The van der Waals surface area contributed by atoms with Crippen molar-refractivity contribution < 1.29 is 19.1 Å². The third-order valence-electron chi connectivity index (χ3n) is 3.49. The van der Waals surface area contributed by atoms with Crippen molar-refractivity contribution in [3.63, 3.8) is 0 Å². The second-order valence-corrected chi connectivity index (χ2v) is 5.79. The summed E-state index contributed by atoms with van der Waals surface area (Å²) in [6.45, 7) is 12.2. The van der Waals surface area contributed by atoms with E-state index >= 15 is 0 Å². The SMILES string of the molecule is CCCNC(=O)OCC(C)(CCC)COC(=O)N(CC)CC. The lowest BCUT2D eigenvalue weighted by atomic mass is 9.87. The van der Waals surface area contributed by atoms with Crippen molar-refractivity contribution in [3.8, 4) is 0 Å². The van der Waals surface area contributed by atoms with Crippen LogP contribution in [0.25, 0.3) is 0 Å². The zero-order valence-electron chi connectivity index (χ0n) is 14.7. The van der Waals surface area contributed by atoms with Gasteiger partial charge in [-0.15, -0.1) is 0 Å². The Morgan fingerprint density at radius 1 is 1.00 bits per heavy atom.